The van der Waals surface area contributed by atoms with Gasteiger partial charge < -0.3 is 9.30 Å². The monoisotopic (exact) mass is 367 g/mol. The normalized spacial score (nSPS) is 16.2. The Bertz CT molecular complexity index is 809. The van der Waals surface area contributed by atoms with Crippen molar-refractivity contribution in [2.45, 2.75) is 58.9 Å². The number of hydrogen-bond acceptors (Lipinski definition) is 4. The average molecular weight is 368 g/mol. The molecule has 5 nitrogen and oxygen atoms in total. The molecule has 1 unspecified atom stereocenters. The van der Waals surface area contributed by atoms with Gasteiger partial charge in [-0.2, -0.15) is 4.98 Å². The van der Waals surface area contributed by atoms with Gasteiger partial charge in [-0.15, -0.1) is 0 Å². The van der Waals surface area contributed by atoms with Gasteiger partial charge in [0.2, 0.25) is 5.28 Å². The lowest BCUT2D eigenvalue weighted by molar-refractivity contribution is -0.144. The summed E-state index contributed by atoms with van der Waals surface area (Å²) in [6, 6.07) is -0.309. The van der Waals surface area contributed by atoms with E-state index in [1.807, 2.05) is 20.8 Å². The number of carbonyl (C=O) groups is 1. The number of fused-ring (bicyclic) bond motifs is 1. The molecule has 1 atom stereocenters. The van der Waals surface area contributed by atoms with E-state index in [2.05, 4.69) is 9.97 Å². The van der Waals surface area contributed by atoms with Crippen LogP contribution in [0.3, 0.4) is 0 Å². The fraction of sp³-hybridized carbons (Fsp3) is 0.611. The first-order valence-electron chi connectivity index (χ1n) is 8.61. The molecule has 0 aliphatic heterocycles. The number of ether oxygens (including phenoxy) is 1. The highest BCUT2D eigenvalue weighted by Crippen LogP contribution is 2.44. The summed E-state index contributed by atoms with van der Waals surface area (Å²) < 4.78 is 21.6. The van der Waals surface area contributed by atoms with Crippen molar-refractivity contribution in [3.05, 3.63) is 23.0 Å². The number of esters is 1. The van der Waals surface area contributed by atoms with Crippen LogP contribution >= 0.6 is 11.6 Å². The van der Waals surface area contributed by atoms with Crippen molar-refractivity contribution < 1.29 is 13.9 Å². The van der Waals surface area contributed by atoms with E-state index in [0.29, 0.717) is 23.3 Å². The Morgan fingerprint density at radius 3 is 2.68 bits per heavy atom. The molecule has 2 heterocycles. The third-order valence-corrected chi connectivity index (χ3v) is 4.76. The smallest absolute Gasteiger partial charge is 0.307 e. The van der Waals surface area contributed by atoms with Gasteiger partial charge in [0.15, 0.2) is 5.82 Å². The first kappa shape index (κ1) is 18.1. The molecule has 0 amide bonds. The first-order chi connectivity index (χ1) is 11.7. The van der Waals surface area contributed by atoms with Crippen molar-refractivity contribution in [2.75, 3.05) is 6.61 Å². The minimum Gasteiger partial charge on any atom is -0.466 e. The SMILES string of the molecule is CCOC(=O)CC(n1cc(F)c2c(C3CC3)nc(Cl)nc21)C(C)(C)C. The van der Waals surface area contributed by atoms with E-state index in [4.69, 9.17) is 16.3 Å². The zero-order valence-corrected chi connectivity index (χ0v) is 15.7. The van der Waals surface area contributed by atoms with Crippen LogP contribution in [0, 0.1) is 11.2 Å². The van der Waals surface area contributed by atoms with Gasteiger partial charge in [0, 0.05) is 12.1 Å². The van der Waals surface area contributed by atoms with Crippen LogP contribution in [0.5, 0.6) is 0 Å². The molecule has 1 aliphatic rings. The lowest BCUT2D eigenvalue weighted by Crippen LogP contribution is -2.27. The molecule has 3 rings (SSSR count). The number of hydrogen-bond donors (Lipinski definition) is 0. The van der Waals surface area contributed by atoms with E-state index < -0.39 is 0 Å². The topological polar surface area (TPSA) is 57.0 Å². The molecule has 0 saturated heterocycles. The van der Waals surface area contributed by atoms with Crippen molar-refractivity contribution in [3.63, 3.8) is 0 Å². The maximum Gasteiger partial charge on any atom is 0.307 e. The van der Waals surface area contributed by atoms with Gasteiger partial charge in [-0.05, 0) is 36.8 Å². The van der Waals surface area contributed by atoms with Crippen molar-refractivity contribution in [3.8, 4) is 0 Å². The molecule has 0 bridgehead atoms. The molecular formula is C18H23ClFN3O2. The van der Waals surface area contributed by atoms with Crippen LogP contribution in [0.4, 0.5) is 4.39 Å². The molecule has 1 fully saturated rings. The Kier molecular flexibility index (Phi) is 4.75. The third kappa shape index (κ3) is 3.64. The molecule has 7 heteroatoms. The highest BCUT2D eigenvalue weighted by atomic mass is 35.5. The van der Waals surface area contributed by atoms with Gasteiger partial charge in [0.05, 0.1) is 30.1 Å². The Morgan fingerprint density at radius 1 is 1.44 bits per heavy atom. The molecule has 1 saturated carbocycles. The molecule has 0 N–H and O–H groups in total. The summed E-state index contributed by atoms with van der Waals surface area (Å²) >= 11 is 6.10. The zero-order chi connectivity index (χ0) is 18.4. The summed E-state index contributed by atoms with van der Waals surface area (Å²) in [7, 11) is 0. The number of aromatic nitrogens is 3. The van der Waals surface area contributed by atoms with E-state index in [1.165, 1.54) is 6.20 Å². The van der Waals surface area contributed by atoms with E-state index in [-0.39, 0.29) is 40.9 Å². The van der Waals surface area contributed by atoms with Crippen molar-refractivity contribution in [1.82, 2.24) is 14.5 Å². The summed E-state index contributed by atoms with van der Waals surface area (Å²) in [5, 5.41) is 0.530. The van der Waals surface area contributed by atoms with Crippen LogP contribution < -0.4 is 0 Å². The van der Waals surface area contributed by atoms with Crippen LogP contribution in [-0.4, -0.2) is 27.1 Å². The number of carbonyl (C=O) groups excluding carboxylic acids is 1. The fourth-order valence-electron chi connectivity index (χ4n) is 3.19. The van der Waals surface area contributed by atoms with E-state index in [1.54, 1.807) is 11.5 Å². The molecule has 1 aliphatic carbocycles. The number of rotatable bonds is 5. The number of halogens is 2. The molecule has 2 aromatic rings. The molecule has 0 aromatic carbocycles. The summed E-state index contributed by atoms with van der Waals surface area (Å²) in [5.74, 6) is -0.439. The second kappa shape index (κ2) is 6.56. The van der Waals surface area contributed by atoms with Crippen LogP contribution in [0.2, 0.25) is 5.28 Å². The van der Waals surface area contributed by atoms with Crippen LogP contribution in [0.25, 0.3) is 11.0 Å². The molecule has 0 spiro atoms. The number of nitrogens with zero attached hydrogens (tertiary/aromatic N) is 3. The average Bonchev–Trinajstić information content (AvgIpc) is 3.29. The lowest BCUT2D eigenvalue weighted by Gasteiger charge is -2.31. The third-order valence-electron chi connectivity index (χ3n) is 4.59. The van der Waals surface area contributed by atoms with Crippen molar-refractivity contribution >= 4 is 28.6 Å². The summed E-state index contributed by atoms with van der Waals surface area (Å²) in [4.78, 5) is 20.6. The summed E-state index contributed by atoms with van der Waals surface area (Å²) in [6.07, 6.45) is 3.52. The first-order valence-corrected chi connectivity index (χ1v) is 8.99. The summed E-state index contributed by atoms with van der Waals surface area (Å²) in [5.41, 5.74) is 0.821. The molecule has 136 valence electrons. The largest absolute Gasteiger partial charge is 0.466 e. The predicted octanol–water partition coefficient (Wildman–Crippen LogP) is 4.64. The zero-order valence-electron chi connectivity index (χ0n) is 15.0. The quantitative estimate of drug-likeness (QED) is 0.570. The molecule has 25 heavy (non-hydrogen) atoms. The minimum atomic E-state index is -0.369. The van der Waals surface area contributed by atoms with Crippen molar-refractivity contribution in [1.29, 1.82) is 0 Å². The highest BCUT2D eigenvalue weighted by Gasteiger charge is 2.34. The predicted molar refractivity (Wildman–Crippen MR) is 94.2 cm³/mol. The van der Waals surface area contributed by atoms with Gasteiger partial charge in [-0.3, -0.25) is 4.79 Å². The standard InChI is InChI=1S/C18H23ClFN3O2/c1-5-25-13(24)8-12(18(2,3)4)23-9-11(20)14-15(10-6-7-10)21-17(19)22-16(14)23/h9-10,12H,5-8H2,1-4H3. The highest BCUT2D eigenvalue weighted by molar-refractivity contribution is 6.28. The van der Waals surface area contributed by atoms with Crippen molar-refractivity contribution in [2.24, 2.45) is 5.41 Å². The maximum absolute atomic E-state index is 14.8. The second-order valence-corrected chi connectivity index (χ2v) is 7.96. The van der Waals surface area contributed by atoms with E-state index in [0.717, 1.165) is 12.8 Å². The maximum atomic E-state index is 14.8. The Labute approximate surface area is 151 Å². The van der Waals surface area contributed by atoms with Gasteiger partial charge >= 0.3 is 5.97 Å². The van der Waals surface area contributed by atoms with E-state index >= 15 is 0 Å². The van der Waals surface area contributed by atoms with Crippen LogP contribution in [-0.2, 0) is 9.53 Å². The Balaban J connectivity index is 2.13. The minimum absolute atomic E-state index is 0.109. The van der Waals surface area contributed by atoms with Gasteiger partial charge in [0.1, 0.15) is 5.65 Å². The molecular weight excluding hydrogens is 345 g/mol. The summed E-state index contributed by atoms with van der Waals surface area (Å²) in [6.45, 7) is 8.10. The molecule has 0 radical (unpaired) electrons. The second-order valence-electron chi connectivity index (χ2n) is 7.63. The van der Waals surface area contributed by atoms with E-state index in [9.17, 15) is 9.18 Å². The van der Waals surface area contributed by atoms with Gasteiger partial charge in [-0.25, -0.2) is 9.37 Å². The Hall–Kier alpha value is -1.69. The Morgan fingerprint density at radius 2 is 2.12 bits per heavy atom. The fourth-order valence-corrected chi connectivity index (χ4v) is 3.36. The van der Waals surface area contributed by atoms with Gasteiger partial charge in [-0.1, -0.05) is 20.8 Å². The van der Waals surface area contributed by atoms with Crippen LogP contribution in [0.1, 0.15) is 64.6 Å². The molecule has 2 aromatic heterocycles. The lowest BCUT2D eigenvalue weighted by atomic mass is 9.84. The van der Waals surface area contributed by atoms with Gasteiger partial charge in [0.25, 0.3) is 0 Å². The van der Waals surface area contributed by atoms with Crippen LogP contribution in [0.15, 0.2) is 6.20 Å².